The molecule has 2 heterocycles. The van der Waals surface area contributed by atoms with E-state index < -0.39 is 0 Å². The molecule has 158 valence electrons. The first-order valence-electron chi connectivity index (χ1n) is 11.6. The van der Waals surface area contributed by atoms with Gasteiger partial charge in [-0.05, 0) is 61.2 Å². The number of hydrogen-bond acceptors (Lipinski definition) is 3. The molecule has 1 aromatic carbocycles. The first kappa shape index (κ1) is 22.4. The third kappa shape index (κ3) is 7.15. The van der Waals surface area contributed by atoms with Gasteiger partial charge in [-0.1, -0.05) is 65.2 Å². The van der Waals surface area contributed by atoms with Crippen LogP contribution in [-0.4, -0.2) is 6.61 Å². The van der Waals surface area contributed by atoms with Crippen molar-refractivity contribution in [1.29, 1.82) is 0 Å². The van der Waals surface area contributed by atoms with Crippen LogP contribution in [0.5, 0.6) is 5.75 Å². The maximum atomic E-state index is 5.94. The van der Waals surface area contributed by atoms with Gasteiger partial charge in [0.15, 0.2) is 0 Å². The van der Waals surface area contributed by atoms with Gasteiger partial charge in [0, 0.05) is 19.2 Å². The number of thiophene rings is 2. The standard InChI is InChI=1S/C26H36OS2/c1-3-5-7-8-9-10-12-18-27-22-16-14-21(15-17-22)24-20-26-25(29-24)19-23(28-26)13-11-6-4-2/h14-17,19-20H,3-13,18H2,1-2H3. The molecule has 3 rings (SSSR count). The predicted octanol–water partition coefficient (Wildman–Crippen LogP) is 9.49. The van der Waals surface area contributed by atoms with E-state index >= 15 is 0 Å². The molecule has 0 fully saturated rings. The number of benzene rings is 1. The molecule has 29 heavy (non-hydrogen) atoms. The molecule has 0 aliphatic heterocycles. The van der Waals surface area contributed by atoms with Crippen molar-refractivity contribution in [3.63, 3.8) is 0 Å². The summed E-state index contributed by atoms with van der Waals surface area (Å²) in [5, 5.41) is 0. The zero-order chi connectivity index (χ0) is 20.3. The molecule has 0 aliphatic rings. The van der Waals surface area contributed by atoms with Crippen LogP contribution in [0.1, 0.15) is 82.9 Å². The van der Waals surface area contributed by atoms with E-state index in [9.17, 15) is 0 Å². The number of fused-ring (bicyclic) bond motifs is 1. The van der Waals surface area contributed by atoms with Crippen molar-refractivity contribution in [3.05, 3.63) is 41.3 Å². The van der Waals surface area contributed by atoms with Crippen LogP contribution in [0.15, 0.2) is 36.4 Å². The van der Waals surface area contributed by atoms with Crippen molar-refractivity contribution >= 4 is 32.1 Å². The summed E-state index contributed by atoms with van der Waals surface area (Å²) < 4.78 is 8.82. The fourth-order valence-corrected chi connectivity index (χ4v) is 6.13. The molecule has 0 atom stereocenters. The highest BCUT2D eigenvalue weighted by Crippen LogP contribution is 2.39. The Hall–Kier alpha value is -1.32. The largest absolute Gasteiger partial charge is 0.494 e. The molecule has 1 nitrogen and oxygen atoms in total. The minimum Gasteiger partial charge on any atom is -0.494 e. The highest BCUT2D eigenvalue weighted by Gasteiger charge is 2.09. The highest BCUT2D eigenvalue weighted by molar-refractivity contribution is 7.29. The quantitative estimate of drug-likeness (QED) is 0.232. The molecule has 0 saturated carbocycles. The zero-order valence-corrected chi connectivity index (χ0v) is 19.8. The van der Waals surface area contributed by atoms with E-state index in [0.717, 1.165) is 18.8 Å². The van der Waals surface area contributed by atoms with Gasteiger partial charge in [-0.3, -0.25) is 0 Å². The Bertz CT molecular complexity index is 797. The lowest BCUT2D eigenvalue weighted by Crippen LogP contribution is -1.97. The molecule has 2 aromatic heterocycles. The molecular formula is C26H36OS2. The van der Waals surface area contributed by atoms with Gasteiger partial charge in [-0.2, -0.15) is 0 Å². The van der Waals surface area contributed by atoms with Crippen LogP contribution in [0.2, 0.25) is 0 Å². The van der Waals surface area contributed by atoms with Crippen molar-refractivity contribution in [3.8, 4) is 16.2 Å². The Morgan fingerprint density at radius 3 is 2.07 bits per heavy atom. The Kier molecular flexibility index (Phi) is 9.56. The average Bonchev–Trinajstić information content (AvgIpc) is 3.29. The van der Waals surface area contributed by atoms with Gasteiger partial charge in [0.25, 0.3) is 0 Å². The maximum Gasteiger partial charge on any atom is 0.119 e. The van der Waals surface area contributed by atoms with Crippen LogP contribution in [0, 0.1) is 0 Å². The topological polar surface area (TPSA) is 9.23 Å². The van der Waals surface area contributed by atoms with Gasteiger partial charge >= 0.3 is 0 Å². The third-order valence-corrected chi connectivity index (χ3v) is 7.84. The van der Waals surface area contributed by atoms with Crippen LogP contribution < -0.4 is 4.74 Å². The number of rotatable bonds is 14. The second-order valence-corrected chi connectivity index (χ2v) is 10.3. The summed E-state index contributed by atoms with van der Waals surface area (Å²) >= 11 is 3.89. The summed E-state index contributed by atoms with van der Waals surface area (Å²) in [6, 6.07) is 13.4. The molecule has 0 radical (unpaired) electrons. The Balaban J connectivity index is 1.44. The van der Waals surface area contributed by atoms with E-state index in [-0.39, 0.29) is 0 Å². The fraction of sp³-hybridized carbons (Fsp3) is 0.538. The Morgan fingerprint density at radius 2 is 1.34 bits per heavy atom. The lowest BCUT2D eigenvalue weighted by molar-refractivity contribution is 0.304. The van der Waals surface area contributed by atoms with Crippen LogP contribution in [-0.2, 0) is 6.42 Å². The Labute approximate surface area is 185 Å². The summed E-state index contributed by atoms with van der Waals surface area (Å²) in [5.41, 5.74) is 1.30. The molecule has 0 amide bonds. The van der Waals surface area contributed by atoms with Gasteiger partial charge in [0.05, 0.1) is 6.61 Å². The van der Waals surface area contributed by atoms with Crippen LogP contribution in [0.3, 0.4) is 0 Å². The van der Waals surface area contributed by atoms with E-state index in [1.54, 1.807) is 4.88 Å². The smallest absolute Gasteiger partial charge is 0.119 e. The Morgan fingerprint density at radius 1 is 0.690 bits per heavy atom. The van der Waals surface area contributed by atoms with Crippen molar-refractivity contribution in [2.45, 2.75) is 84.5 Å². The monoisotopic (exact) mass is 428 g/mol. The lowest BCUT2D eigenvalue weighted by atomic mass is 10.1. The van der Waals surface area contributed by atoms with Crippen molar-refractivity contribution < 1.29 is 4.74 Å². The molecular weight excluding hydrogens is 392 g/mol. The molecule has 0 unspecified atom stereocenters. The summed E-state index contributed by atoms with van der Waals surface area (Å²) in [4.78, 5) is 2.91. The van der Waals surface area contributed by atoms with E-state index in [1.165, 1.54) is 84.0 Å². The van der Waals surface area contributed by atoms with Crippen LogP contribution in [0.4, 0.5) is 0 Å². The third-order valence-electron chi connectivity index (χ3n) is 5.44. The summed E-state index contributed by atoms with van der Waals surface area (Å²) in [7, 11) is 0. The fourth-order valence-electron chi connectivity index (χ4n) is 3.66. The molecule has 0 spiro atoms. The van der Waals surface area contributed by atoms with E-state index in [1.807, 2.05) is 22.7 Å². The van der Waals surface area contributed by atoms with Crippen LogP contribution in [0.25, 0.3) is 19.8 Å². The predicted molar refractivity (Wildman–Crippen MR) is 132 cm³/mol. The number of hydrogen-bond donors (Lipinski definition) is 0. The summed E-state index contributed by atoms with van der Waals surface area (Å²) in [6.07, 6.45) is 14.4. The highest BCUT2D eigenvalue weighted by atomic mass is 32.1. The number of ether oxygens (including phenoxy) is 1. The van der Waals surface area contributed by atoms with E-state index in [0.29, 0.717) is 0 Å². The summed E-state index contributed by atoms with van der Waals surface area (Å²) in [6.45, 7) is 5.37. The average molecular weight is 429 g/mol. The minimum absolute atomic E-state index is 0.836. The minimum atomic E-state index is 0.836. The molecule has 0 bridgehead atoms. The van der Waals surface area contributed by atoms with Gasteiger partial charge in [-0.15, -0.1) is 22.7 Å². The number of unbranched alkanes of at least 4 members (excludes halogenated alkanes) is 8. The van der Waals surface area contributed by atoms with Gasteiger partial charge in [-0.25, -0.2) is 0 Å². The molecule has 3 aromatic rings. The van der Waals surface area contributed by atoms with Gasteiger partial charge < -0.3 is 4.74 Å². The van der Waals surface area contributed by atoms with Crippen molar-refractivity contribution in [1.82, 2.24) is 0 Å². The van der Waals surface area contributed by atoms with Crippen molar-refractivity contribution in [2.24, 2.45) is 0 Å². The van der Waals surface area contributed by atoms with E-state index in [2.05, 4.69) is 50.2 Å². The first-order valence-corrected chi connectivity index (χ1v) is 13.2. The number of aryl methyl sites for hydroxylation is 1. The van der Waals surface area contributed by atoms with Crippen molar-refractivity contribution in [2.75, 3.05) is 6.61 Å². The molecule has 0 N–H and O–H groups in total. The second kappa shape index (κ2) is 12.4. The lowest BCUT2D eigenvalue weighted by Gasteiger charge is -2.07. The normalized spacial score (nSPS) is 11.4. The molecule has 0 aliphatic carbocycles. The SMILES string of the molecule is CCCCCCCCCOc1ccc(-c2cc3sc(CCCCC)cc3s2)cc1. The first-order chi connectivity index (χ1) is 14.3. The van der Waals surface area contributed by atoms with E-state index in [4.69, 9.17) is 4.74 Å². The van der Waals surface area contributed by atoms with Crippen LogP contribution >= 0.6 is 22.7 Å². The van der Waals surface area contributed by atoms with Gasteiger partial charge in [0.2, 0.25) is 0 Å². The summed E-state index contributed by atoms with van der Waals surface area (Å²) in [5.74, 6) is 0.997. The second-order valence-electron chi connectivity index (χ2n) is 8.00. The molecule has 0 saturated heterocycles. The van der Waals surface area contributed by atoms with Gasteiger partial charge in [0.1, 0.15) is 5.75 Å². The zero-order valence-electron chi connectivity index (χ0n) is 18.2. The molecule has 3 heteroatoms. The maximum absolute atomic E-state index is 5.94.